The van der Waals surface area contributed by atoms with Gasteiger partial charge >= 0.3 is 0 Å². The number of carbonyl (C=O) groups excluding carboxylic acids is 3. The van der Waals surface area contributed by atoms with Crippen molar-refractivity contribution in [3.8, 4) is 6.07 Å². The van der Waals surface area contributed by atoms with Crippen LogP contribution in [-0.4, -0.2) is 114 Å². The molecule has 4 heterocycles. The van der Waals surface area contributed by atoms with Crippen molar-refractivity contribution >= 4 is 47.4 Å². The molecule has 2 aromatic carbocycles. The monoisotopic (exact) mass is 866 g/mol. The Balaban J connectivity index is 0.000000470. The Morgan fingerprint density at radius 3 is 2.25 bits per heavy atom. The molecule has 2 aromatic heterocycles. The Morgan fingerprint density at radius 2 is 1.67 bits per heavy atom. The predicted molar refractivity (Wildman–Crippen MR) is 241 cm³/mol. The first-order valence-electron chi connectivity index (χ1n) is 22.0. The molecule has 0 unspecified atom stereocenters. The minimum Gasteiger partial charge on any atom is -0.398 e. The lowest BCUT2D eigenvalue weighted by molar-refractivity contribution is -0.122. The van der Waals surface area contributed by atoms with Crippen LogP contribution in [0.4, 0.5) is 25.8 Å². The number of aliphatic hydroxyl groups is 1. The number of aryl methyl sites for hydroxylation is 1. The Hall–Kier alpha value is -5.76. The largest absolute Gasteiger partial charge is 0.398 e. The number of halogens is 2. The van der Waals surface area contributed by atoms with Gasteiger partial charge < -0.3 is 31.2 Å². The summed E-state index contributed by atoms with van der Waals surface area (Å²) < 4.78 is 32.1. The summed E-state index contributed by atoms with van der Waals surface area (Å²) in [6.07, 6.45) is 9.79. The van der Waals surface area contributed by atoms with E-state index in [2.05, 4.69) is 31.6 Å². The van der Waals surface area contributed by atoms with E-state index in [1.165, 1.54) is 19.2 Å². The van der Waals surface area contributed by atoms with Gasteiger partial charge in [-0.2, -0.15) is 10.4 Å². The SMILES string of the molecule is CCC(O)(CC)c1cc(N)c(C=NC2CCC(N3CCN(C4CN(c5cc(F)c([C@@H](CCC=O)C(=O)NC)c(F)c5)C4)CC3)CC2)cc1NC=O.Cc1ccc2cc(C#N)cnn12. The maximum atomic E-state index is 15.2. The maximum Gasteiger partial charge on any atom is 0.227 e. The molecule has 2 amide bonds. The Kier molecular flexibility index (Phi) is 15.6. The third kappa shape index (κ3) is 10.7. The summed E-state index contributed by atoms with van der Waals surface area (Å²) in [5.74, 6) is -3.10. The average molecular weight is 867 g/mol. The van der Waals surface area contributed by atoms with E-state index in [0.717, 1.165) is 68.6 Å². The Labute approximate surface area is 368 Å². The van der Waals surface area contributed by atoms with Gasteiger partial charge in [0.1, 0.15) is 24.0 Å². The highest BCUT2D eigenvalue weighted by atomic mass is 19.1. The molecule has 1 saturated carbocycles. The summed E-state index contributed by atoms with van der Waals surface area (Å²) in [4.78, 5) is 46.4. The first-order valence-corrected chi connectivity index (χ1v) is 22.0. The van der Waals surface area contributed by atoms with Gasteiger partial charge in [0.2, 0.25) is 12.3 Å². The number of nitrogens with zero attached hydrogens (tertiary/aromatic N) is 7. The number of aliphatic imine (C=N–C) groups is 1. The van der Waals surface area contributed by atoms with Crippen molar-refractivity contribution in [1.82, 2.24) is 24.7 Å². The number of aromatic nitrogens is 2. The van der Waals surface area contributed by atoms with Gasteiger partial charge in [0.05, 0.1) is 34.8 Å². The summed E-state index contributed by atoms with van der Waals surface area (Å²) in [5, 5.41) is 29.0. The second kappa shape index (κ2) is 21.1. The number of rotatable bonds is 15. The molecule has 3 fully saturated rings. The molecule has 0 radical (unpaired) electrons. The molecule has 5 N–H and O–H groups in total. The van der Waals surface area contributed by atoms with Crippen molar-refractivity contribution in [2.75, 3.05) is 62.3 Å². The molecule has 7 rings (SSSR count). The van der Waals surface area contributed by atoms with Gasteiger partial charge in [0.15, 0.2) is 0 Å². The fraction of sp³-hybridized carbons (Fsp3) is 0.489. The van der Waals surface area contributed by atoms with Gasteiger partial charge in [-0.05, 0) is 94.3 Å². The van der Waals surface area contributed by atoms with E-state index in [1.54, 1.807) is 29.1 Å². The van der Waals surface area contributed by atoms with Crippen molar-refractivity contribution in [2.45, 2.75) is 102 Å². The molecule has 2 saturated heterocycles. The third-order valence-corrected chi connectivity index (χ3v) is 13.2. The molecule has 16 heteroatoms. The van der Waals surface area contributed by atoms with Gasteiger partial charge in [-0.15, -0.1) is 0 Å². The van der Waals surface area contributed by atoms with Crippen LogP contribution in [-0.2, 0) is 20.0 Å². The van der Waals surface area contributed by atoms with Crippen LogP contribution in [0.2, 0.25) is 0 Å². The molecule has 14 nitrogen and oxygen atoms in total. The number of nitrogen functional groups attached to an aromatic ring is 1. The summed E-state index contributed by atoms with van der Waals surface area (Å²) in [7, 11) is 1.41. The van der Waals surface area contributed by atoms with Crippen molar-refractivity contribution in [3.05, 3.63) is 88.2 Å². The number of hydrogen-bond acceptors (Lipinski definition) is 11. The van der Waals surface area contributed by atoms with Crippen molar-refractivity contribution in [3.63, 3.8) is 0 Å². The molecule has 3 aliphatic rings. The smallest absolute Gasteiger partial charge is 0.227 e. The predicted octanol–water partition coefficient (Wildman–Crippen LogP) is 5.68. The summed E-state index contributed by atoms with van der Waals surface area (Å²) in [6.45, 7) is 11.0. The lowest BCUT2D eigenvalue weighted by Crippen LogP contribution is -2.64. The number of carbonyl (C=O) groups is 3. The molecule has 0 spiro atoms. The Morgan fingerprint density at radius 1 is 1.02 bits per heavy atom. The normalized spacial score (nSPS) is 19.2. The van der Waals surface area contributed by atoms with Crippen molar-refractivity contribution < 1.29 is 28.3 Å². The summed E-state index contributed by atoms with van der Waals surface area (Å²) in [5.41, 5.74) is 10.5. The van der Waals surface area contributed by atoms with Crippen LogP contribution in [0, 0.1) is 29.9 Å². The second-order valence-electron chi connectivity index (χ2n) is 16.8. The Bertz CT molecular complexity index is 2280. The van der Waals surface area contributed by atoms with Crippen LogP contribution >= 0.6 is 0 Å². The number of benzene rings is 2. The number of hydrogen-bond donors (Lipinski definition) is 4. The molecular weight excluding hydrogens is 807 g/mol. The molecule has 4 aromatic rings. The molecule has 0 bridgehead atoms. The van der Waals surface area contributed by atoms with Gasteiger partial charge in [0.25, 0.3) is 0 Å². The number of nitriles is 1. The van der Waals surface area contributed by atoms with Crippen LogP contribution in [0.1, 0.15) is 99.1 Å². The van der Waals surface area contributed by atoms with Crippen LogP contribution in [0.15, 0.2) is 53.7 Å². The second-order valence-corrected chi connectivity index (χ2v) is 16.8. The minimum absolute atomic E-state index is 0.0388. The number of anilines is 3. The van der Waals surface area contributed by atoms with E-state index in [9.17, 15) is 19.5 Å². The topological polar surface area (TPSA) is 185 Å². The average Bonchev–Trinajstić information content (AvgIpc) is 3.66. The highest BCUT2D eigenvalue weighted by Crippen LogP contribution is 2.37. The van der Waals surface area contributed by atoms with Crippen molar-refractivity contribution in [1.29, 1.82) is 5.26 Å². The minimum atomic E-state index is -1.08. The zero-order valence-electron chi connectivity index (χ0n) is 36.7. The van der Waals surface area contributed by atoms with Gasteiger partial charge in [-0.1, -0.05) is 13.8 Å². The number of nitrogens with two attached hydrogens (primary N) is 1. The van der Waals surface area contributed by atoms with Crippen LogP contribution in [0.3, 0.4) is 0 Å². The van der Waals surface area contributed by atoms with Gasteiger partial charge in [0, 0.05) is 110 Å². The first-order chi connectivity index (χ1) is 30.4. The van der Waals surface area contributed by atoms with E-state index in [-0.39, 0.29) is 24.4 Å². The first kappa shape index (κ1) is 46.7. The molecule has 336 valence electrons. The molecule has 1 atom stereocenters. The fourth-order valence-electron chi connectivity index (χ4n) is 9.16. The lowest BCUT2D eigenvalue weighted by Gasteiger charge is -2.50. The van der Waals surface area contributed by atoms with Crippen molar-refractivity contribution in [2.24, 2.45) is 4.99 Å². The molecule has 63 heavy (non-hydrogen) atoms. The number of piperazine rings is 1. The van der Waals surface area contributed by atoms with Crippen LogP contribution < -0.4 is 21.3 Å². The van der Waals surface area contributed by atoms with E-state index >= 15 is 8.78 Å². The van der Waals surface area contributed by atoms with E-state index in [0.29, 0.717) is 78.9 Å². The number of nitrogens with one attached hydrogen (secondary N) is 2. The number of likely N-dealkylation sites (N-methyl/N-ethyl adjacent to an activating group) is 1. The van der Waals surface area contributed by atoms with Gasteiger partial charge in [-0.3, -0.25) is 24.4 Å². The highest BCUT2D eigenvalue weighted by Gasteiger charge is 2.37. The molecule has 2 aliphatic heterocycles. The zero-order valence-corrected chi connectivity index (χ0v) is 36.7. The van der Waals surface area contributed by atoms with Crippen LogP contribution in [0.25, 0.3) is 5.52 Å². The summed E-state index contributed by atoms with van der Waals surface area (Å²) >= 11 is 0. The standard InChI is InChI=1S/C38H53F2N7O4.C9H7N3/c1-4-38(51,5-2)31-20-34(41)25(17-35(31)44-24-49)21-43-26-8-10-27(11-9-26)45-12-14-46(15-13-45)29-22-47(23-29)28-18-32(39)36(33(40)19-28)30(7-6-16-48)37(50)42-3;1-7-2-3-9-4-8(5-10)6-11-12(7)9/h16-21,24,26-27,29-30,51H,4-15,22-23,41H2,1-3H3,(H,42,50)(H,44,49);2-4,6H,1H3/t26?,27?,30-;/m1./s1. The molecular formula is C47H60F2N10O4. The molecule has 1 aliphatic carbocycles. The quantitative estimate of drug-likeness (QED) is 0.0659. The fourth-order valence-corrected chi connectivity index (χ4v) is 9.16. The van der Waals surface area contributed by atoms with Crippen LogP contribution in [0.5, 0.6) is 0 Å². The number of amides is 2. The third-order valence-electron chi connectivity index (χ3n) is 13.2. The summed E-state index contributed by atoms with van der Waals surface area (Å²) in [6, 6.07) is 15.0. The van der Waals surface area contributed by atoms with E-state index in [4.69, 9.17) is 16.0 Å². The van der Waals surface area contributed by atoms with Gasteiger partial charge in [-0.25, -0.2) is 13.3 Å². The highest BCUT2D eigenvalue weighted by molar-refractivity contribution is 5.91. The number of fused-ring (bicyclic) bond motifs is 1. The van der Waals surface area contributed by atoms with E-state index in [1.807, 2.05) is 43.9 Å². The van der Waals surface area contributed by atoms with E-state index < -0.39 is 29.1 Å². The lowest BCUT2D eigenvalue weighted by atomic mass is 9.86. The zero-order chi connectivity index (χ0) is 45.3. The maximum absolute atomic E-state index is 15.2. The number of aldehydes is 1.